The van der Waals surface area contributed by atoms with E-state index in [9.17, 15) is 13.5 Å². The van der Waals surface area contributed by atoms with Crippen LogP contribution in [-0.2, 0) is 10.0 Å². The molecule has 1 aliphatic rings. The van der Waals surface area contributed by atoms with Crippen LogP contribution >= 0.6 is 0 Å². The van der Waals surface area contributed by atoms with Crippen molar-refractivity contribution in [1.29, 1.82) is 0 Å². The fourth-order valence-electron chi connectivity index (χ4n) is 3.54. The Labute approximate surface area is 179 Å². The predicted molar refractivity (Wildman–Crippen MR) is 120 cm³/mol. The van der Waals surface area contributed by atoms with Gasteiger partial charge in [-0.15, -0.1) is 0 Å². The lowest BCUT2D eigenvalue weighted by atomic mass is 10.1. The lowest BCUT2D eigenvalue weighted by Crippen LogP contribution is -2.50. The van der Waals surface area contributed by atoms with Crippen molar-refractivity contribution in [3.05, 3.63) is 70.6 Å². The van der Waals surface area contributed by atoms with Gasteiger partial charge in [-0.3, -0.25) is 4.90 Å². The third-order valence-corrected chi connectivity index (χ3v) is 6.79. The second kappa shape index (κ2) is 10.2. The van der Waals surface area contributed by atoms with Gasteiger partial charge in [-0.05, 0) is 36.6 Å². The summed E-state index contributed by atoms with van der Waals surface area (Å²) in [4.78, 5) is 2.08. The largest absolute Gasteiger partial charge is 0.490 e. The Morgan fingerprint density at radius 1 is 1.00 bits per heavy atom. The minimum absolute atomic E-state index is 0.212. The van der Waals surface area contributed by atoms with Gasteiger partial charge in [0.25, 0.3) is 0 Å². The van der Waals surface area contributed by atoms with E-state index in [2.05, 4.69) is 4.90 Å². The van der Waals surface area contributed by atoms with Crippen LogP contribution in [0.25, 0.3) is 6.08 Å². The van der Waals surface area contributed by atoms with E-state index in [1.165, 1.54) is 9.71 Å². The van der Waals surface area contributed by atoms with Crippen molar-refractivity contribution >= 4 is 16.1 Å². The van der Waals surface area contributed by atoms with Gasteiger partial charge in [-0.1, -0.05) is 48.5 Å². The number of aliphatic hydroxyl groups excluding tert-OH is 1. The van der Waals surface area contributed by atoms with Crippen LogP contribution in [0.1, 0.15) is 16.7 Å². The zero-order valence-corrected chi connectivity index (χ0v) is 18.4. The number of aryl methyl sites for hydroxylation is 2. The summed E-state index contributed by atoms with van der Waals surface area (Å²) in [7, 11) is -3.45. The minimum Gasteiger partial charge on any atom is -0.490 e. The summed E-state index contributed by atoms with van der Waals surface area (Å²) < 4.78 is 32.4. The molecule has 0 spiro atoms. The Morgan fingerprint density at radius 3 is 2.27 bits per heavy atom. The molecule has 0 aromatic heterocycles. The van der Waals surface area contributed by atoms with Crippen LogP contribution in [0.5, 0.6) is 5.75 Å². The van der Waals surface area contributed by atoms with E-state index in [-0.39, 0.29) is 6.61 Å². The molecule has 1 atom stereocenters. The van der Waals surface area contributed by atoms with E-state index in [4.69, 9.17) is 4.74 Å². The SMILES string of the molecule is Cc1cccc(C)c1OCC(O)CN1CCN(S(=O)(=O)/C=C/c2ccccc2)CC1. The summed E-state index contributed by atoms with van der Waals surface area (Å²) in [6.45, 7) is 6.62. The van der Waals surface area contributed by atoms with E-state index in [1.54, 1.807) is 6.08 Å². The molecule has 1 aliphatic heterocycles. The van der Waals surface area contributed by atoms with Gasteiger partial charge < -0.3 is 9.84 Å². The number of sulfonamides is 1. The van der Waals surface area contributed by atoms with Crippen molar-refractivity contribution < 1.29 is 18.3 Å². The van der Waals surface area contributed by atoms with Crippen LogP contribution in [-0.4, -0.2) is 68.2 Å². The number of piperazine rings is 1. The van der Waals surface area contributed by atoms with Gasteiger partial charge >= 0.3 is 0 Å². The molecule has 0 amide bonds. The lowest BCUT2D eigenvalue weighted by Gasteiger charge is -2.34. The zero-order valence-electron chi connectivity index (χ0n) is 17.6. The molecule has 1 fully saturated rings. The van der Waals surface area contributed by atoms with E-state index < -0.39 is 16.1 Å². The average molecular weight is 431 g/mol. The molecule has 162 valence electrons. The Kier molecular flexibility index (Phi) is 7.66. The van der Waals surface area contributed by atoms with Crippen LogP contribution in [0, 0.1) is 13.8 Å². The Bertz CT molecular complexity index is 932. The lowest BCUT2D eigenvalue weighted by molar-refractivity contribution is 0.0566. The van der Waals surface area contributed by atoms with Crippen molar-refractivity contribution in [1.82, 2.24) is 9.21 Å². The first-order valence-electron chi connectivity index (χ1n) is 10.2. The first-order valence-corrected chi connectivity index (χ1v) is 11.7. The molecule has 1 saturated heterocycles. The van der Waals surface area contributed by atoms with Crippen LogP contribution in [0.15, 0.2) is 53.9 Å². The maximum atomic E-state index is 12.6. The molecular formula is C23H30N2O4S. The highest BCUT2D eigenvalue weighted by molar-refractivity contribution is 7.92. The second-order valence-electron chi connectivity index (χ2n) is 7.64. The number of benzene rings is 2. The highest BCUT2D eigenvalue weighted by atomic mass is 32.2. The molecule has 0 aliphatic carbocycles. The number of para-hydroxylation sites is 1. The Morgan fingerprint density at radius 2 is 1.63 bits per heavy atom. The van der Waals surface area contributed by atoms with Crippen molar-refractivity contribution in [3.8, 4) is 5.75 Å². The monoisotopic (exact) mass is 430 g/mol. The van der Waals surface area contributed by atoms with Gasteiger partial charge in [0.1, 0.15) is 18.5 Å². The van der Waals surface area contributed by atoms with Crippen molar-refractivity contribution in [2.75, 3.05) is 39.3 Å². The number of rotatable bonds is 8. The van der Waals surface area contributed by atoms with E-state index in [0.29, 0.717) is 32.7 Å². The molecule has 1 unspecified atom stereocenters. The number of ether oxygens (including phenoxy) is 1. The van der Waals surface area contributed by atoms with Crippen LogP contribution in [0.3, 0.4) is 0 Å². The maximum Gasteiger partial charge on any atom is 0.236 e. The Hall–Kier alpha value is -2.19. The van der Waals surface area contributed by atoms with E-state index >= 15 is 0 Å². The van der Waals surface area contributed by atoms with Gasteiger partial charge in [0.2, 0.25) is 10.0 Å². The first kappa shape index (κ1) is 22.5. The van der Waals surface area contributed by atoms with Crippen molar-refractivity contribution in [3.63, 3.8) is 0 Å². The molecule has 2 aromatic rings. The predicted octanol–water partition coefficient (Wildman–Crippen LogP) is 2.66. The molecule has 1 N–H and O–H groups in total. The quantitative estimate of drug-likeness (QED) is 0.697. The summed E-state index contributed by atoms with van der Waals surface area (Å²) in [6, 6.07) is 15.3. The van der Waals surface area contributed by atoms with E-state index in [0.717, 1.165) is 22.4 Å². The highest BCUT2D eigenvalue weighted by Crippen LogP contribution is 2.22. The van der Waals surface area contributed by atoms with Gasteiger partial charge in [0, 0.05) is 38.1 Å². The fourth-order valence-corrected chi connectivity index (χ4v) is 4.71. The molecule has 0 bridgehead atoms. The minimum atomic E-state index is -3.45. The summed E-state index contributed by atoms with van der Waals surface area (Å²) in [6.07, 6.45) is 0.987. The molecule has 0 radical (unpaired) electrons. The molecule has 3 rings (SSSR count). The molecule has 0 saturated carbocycles. The maximum absolute atomic E-state index is 12.6. The molecule has 2 aromatic carbocycles. The zero-order chi connectivity index (χ0) is 21.6. The number of hydrogen-bond acceptors (Lipinski definition) is 5. The average Bonchev–Trinajstić information content (AvgIpc) is 2.73. The van der Waals surface area contributed by atoms with Gasteiger partial charge in [-0.2, -0.15) is 4.31 Å². The summed E-state index contributed by atoms with van der Waals surface area (Å²) >= 11 is 0. The third kappa shape index (κ3) is 6.15. The van der Waals surface area contributed by atoms with Gasteiger partial charge in [0.05, 0.1) is 0 Å². The van der Waals surface area contributed by atoms with E-state index in [1.807, 2.05) is 62.4 Å². The second-order valence-corrected chi connectivity index (χ2v) is 9.46. The van der Waals surface area contributed by atoms with Crippen LogP contribution in [0.4, 0.5) is 0 Å². The molecular weight excluding hydrogens is 400 g/mol. The smallest absolute Gasteiger partial charge is 0.236 e. The normalized spacial score (nSPS) is 17.3. The molecule has 30 heavy (non-hydrogen) atoms. The van der Waals surface area contributed by atoms with Crippen molar-refractivity contribution in [2.24, 2.45) is 0 Å². The highest BCUT2D eigenvalue weighted by Gasteiger charge is 2.26. The van der Waals surface area contributed by atoms with Crippen LogP contribution < -0.4 is 4.74 Å². The first-order chi connectivity index (χ1) is 14.3. The number of β-amino-alcohol motifs (C(OH)–C–C–N with tert-alkyl or cyclic N) is 1. The summed E-state index contributed by atoms with van der Waals surface area (Å²) in [5.41, 5.74) is 2.95. The fraction of sp³-hybridized carbons (Fsp3) is 0.391. The van der Waals surface area contributed by atoms with Gasteiger partial charge in [-0.25, -0.2) is 8.42 Å². The standard InChI is InChI=1S/C23H30N2O4S/c1-19-7-6-8-20(2)23(19)29-18-22(26)17-24-12-14-25(15-13-24)30(27,28)16-11-21-9-4-3-5-10-21/h3-11,16,22,26H,12-15,17-18H2,1-2H3/b16-11+. The third-order valence-electron chi connectivity index (χ3n) is 5.22. The van der Waals surface area contributed by atoms with Crippen LogP contribution in [0.2, 0.25) is 0 Å². The van der Waals surface area contributed by atoms with Crippen molar-refractivity contribution in [2.45, 2.75) is 20.0 Å². The number of hydrogen-bond donors (Lipinski definition) is 1. The summed E-state index contributed by atoms with van der Waals surface area (Å²) in [5.74, 6) is 0.817. The number of nitrogens with zero attached hydrogens (tertiary/aromatic N) is 2. The summed E-state index contributed by atoms with van der Waals surface area (Å²) in [5, 5.41) is 11.6. The van der Waals surface area contributed by atoms with Gasteiger partial charge in [0.15, 0.2) is 0 Å². The molecule has 7 heteroatoms. The Balaban J connectivity index is 1.46. The topological polar surface area (TPSA) is 70.1 Å². The molecule has 1 heterocycles. The number of aliphatic hydroxyl groups is 1. The molecule has 6 nitrogen and oxygen atoms in total.